The summed E-state index contributed by atoms with van der Waals surface area (Å²) in [5.41, 5.74) is 1.09. The molecule has 0 aliphatic carbocycles. The van der Waals surface area contributed by atoms with Crippen LogP contribution in [0, 0.1) is 12.8 Å². The average Bonchev–Trinajstić information content (AvgIpc) is 2.41. The third-order valence-corrected chi connectivity index (χ3v) is 3.46. The summed E-state index contributed by atoms with van der Waals surface area (Å²) < 4.78 is 5.49. The summed E-state index contributed by atoms with van der Waals surface area (Å²) in [6, 6.07) is 0. The molecule has 1 aromatic heterocycles. The molecule has 1 atom stereocenters. The molecule has 0 amide bonds. The summed E-state index contributed by atoms with van der Waals surface area (Å²) in [7, 11) is 4.00. The van der Waals surface area contributed by atoms with Crippen molar-refractivity contribution in [1.29, 1.82) is 0 Å². The highest BCUT2D eigenvalue weighted by molar-refractivity contribution is 5.47. The zero-order chi connectivity index (χ0) is 13.7. The molecule has 0 saturated carbocycles. The van der Waals surface area contributed by atoms with Crippen molar-refractivity contribution in [1.82, 2.24) is 9.97 Å². The van der Waals surface area contributed by atoms with E-state index in [1.807, 2.05) is 32.1 Å². The molecule has 2 heterocycles. The normalized spacial score (nSPS) is 19.2. The van der Waals surface area contributed by atoms with E-state index >= 15 is 0 Å². The topological polar surface area (TPSA) is 50.3 Å². The lowest BCUT2D eigenvalue weighted by Crippen LogP contribution is -2.20. The highest BCUT2D eigenvalue weighted by atomic mass is 16.5. The quantitative estimate of drug-likeness (QED) is 0.882. The highest BCUT2D eigenvalue weighted by Gasteiger charge is 2.13. The fourth-order valence-corrected chi connectivity index (χ4v) is 2.39. The smallest absolute Gasteiger partial charge is 0.224 e. The van der Waals surface area contributed by atoms with Crippen molar-refractivity contribution < 1.29 is 4.74 Å². The van der Waals surface area contributed by atoms with Gasteiger partial charge < -0.3 is 15.0 Å². The molecule has 106 valence electrons. The lowest BCUT2D eigenvalue weighted by molar-refractivity contribution is 0.0530. The summed E-state index contributed by atoms with van der Waals surface area (Å²) in [5.74, 6) is 2.37. The summed E-state index contributed by atoms with van der Waals surface area (Å²) in [6.45, 7) is 4.76. The molecule has 1 fully saturated rings. The first-order valence-electron chi connectivity index (χ1n) is 6.99. The monoisotopic (exact) mass is 264 g/mol. The fraction of sp³-hybridized carbons (Fsp3) is 0.714. The van der Waals surface area contributed by atoms with Crippen LogP contribution in [-0.2, 0) is 4.74 Å². The summed E-state index contributed by atoms with van der Waals surface area (Å²) in [4.78, 5) is 10.9. The van der Waals surface area contributed by atoms with Crippen LogP contribution in [-0.4, -0.2) is 43.8 Å². The minimum atomic E-state index is 0.681. The molecule has 1 aliphatic heterocycles. The number of hydrogen-bond donors (Lipinski definition) is 1. The average molecular weight is 264 g/mol. The lowest BCUT2D eigenvalue weighted by Gasteiger charge is -2.22. The van der Waals surface area contributed by atoms with Crippen molar-refractivity contribution in [2.24, 2.45) is 5.92 Å². The maximum absolute atomic E-state index is 5.49. The van der Waals surface area contributed by atoms with Gasteiger partial charge in [-0.3, -0.25) is 0 Å². The van der Waals surface area contributed by atoms with Gasteiger partial charge in [0, 0.05) is 45.6 Å². The molecule has 5 heteroatoms. The van der Waals surface area contributed by atoms with Crippen LogP contribution in [0.2, 0.25) is 0 Å². The Hall–Kier alpha value is -1.36. The number of ether oxygens (including phenoxy) is 1. The van der Waals surface area contributed by atoms with E-state index in [4.69, 9.17) is 4.74 Å². The summed E-state index contributed by atoms with van der Waals surface area (Å²) in [5, 5.41) is 3.31. The van der Waals surface area contributed by atoms with Gasteiger partial charge in [-0.05, 0) is 32.1 Å². The van der Waals surface area contributed by atoms with Crippen molar-refractivity contribution in [3.05, 3.63) is 11.8 Å². The third kappa shape index (κ3) is 4.06. The minimum Gasteiger partial charge on any atom is -0.381 e. The van der Waals surface area contributed by atoms with Gasteiger partial charge in [0.1, 0.15) is 5.82 Å². The van der Waals surface area contributed by atoms with Gasteiger partial charge in [0.15, 0.2) is 0 Å². The second kappa shape index (κ2) is 6.70. The molecule has 1 N–H and O–H groups in total. The van der Waals surface area contributed by atoms with Gasteiger partial charge in [0.2, 0.25) is 5.95 Å². The zero-order valence-electron chi connectivity index (χ0n) is 12.1. The molecule has 1 aromatic rings. The Kier molecular flexibility index (Phi) is 4.96. The van der Waals surface area contributed by atoms with Crippen LogP contribution in [0.1, 0.15) is 24.8 Å². The van der Waals surface area contributed by atoms with E-state index in [1.165, 1.54) is 12.8 Å². The number of anilines is 2. The molecule has 1 unspecified atom stereocenters. The van der Waals surface area contributed by atoms with Crippen LogP contribution >= 0.6 is 0 Å². The Morgan fingerprint density at radius 2 is 2.32 bits per heavy atom. The first kappa shape index (κ1) is 14.1. The van der Waals surface area contributed by atoms with Crippen LogP contribution < -0.4 is 10.2 Å². The minimum absolute atomic E-state index is 0.681. The first-order valence-corrected chi connectivity index (χ1v) is 6.99. The van der Waals surface area contributed by atoms with Crippen LogP contribution in [0.5, 0.6) is 0 Å². The van der Waals surface area contributed by atoms with Crippen LogP contribution in [0.3, 0.4) is 0 Å². The van der Waals surface area contributed by atoms with Crippen molar-refractivity contribution in [2.75, 3.05) is 44.1 Å². The highest BCUT2D eigenvalue weighted by Crippen LogP contribution is 2.18. The Balaban J connectivity index is 1.83. The van der Waals surface area contributed by atoms with E-state index < -0.39 is 0 Å². The predicted octanol–water partition coefficient (Wildman–Crippen LogP) is 2.08. The second-order valence-electron chi connectivity index (χ2n) is 5.39. The van der Waals surface area contributed by atoms with E-state index in [-0.39, 0.29) is 0 Å². The molecular formula is C14H24N4O. The van der Waals surface area contributed by atoms with E-state index in [0.29, 0.717) is 11.9 Å². The number of aromatic nitrogens is 2. The van der Waals surface area contributed by atoms with Gasteiger partial charge in [0.25, 0.3) is 0 Å². The maximum Gasteiger partial charge on any atom is 0.224 e. The molecule has 1 saturated heterocycles. The van der Waals surface area contributed by atoms with Gasteiger partial charge in [0.05, 0.1) is 0 Å². The van der Waals surface area contributed by atoms with E-state index in [2.05, 4.69) is 15.3 Å². The van der Waals surface area contributed by atoms with Crippen molar-refractivity contribution >= 4 is 11.8 Å². The number of aryl methyl sites for hydroxylation is 1. The van der Waals surface area contributed by atoms with Crippen molar-refractivity contribution in [3.8, 4) is 0 Å². The Bertz CT molecular complexity index is 402. The summed E-state index contributed by atoms with van der Waals surface area (Å²) in [6.07, 6.45) is 5.46. The number of rotatable bonds is 5. The van der Waals surface area contributed by atoms with Gasteiger partial charge in [-0.15, -0.1) is 0 Å². The predicted molar refractivity (Wildman–Crippen MR) is 77.7 cm³/mol. The van der Waals surface area contributed by atoms with E-state index in [1.54, 1.807) is 0 Å². The Morgan fingerprint density at radius 1 is 1.47 bits per heavy atom. The standard InChI is InChI=1S/C14H24N4O/c1-11-9-16-14(17-13(11)18(2)3)15-7-6-12-5-4-8-19-10-12/h9,12H,4-8,10H2,1-3H3,(H,15,16,17). The van der Waals surface area contributed by atoms with Gasteiger partial charge >= 0.3 is 0 Å². The molecule has 2 rings (SSSR count). The fourth-order valence-electron chi connectivity index (χ4n) is 2.39. The SMILES string of the molecule is Cc1cnc(NCCC2CCCOC2)nc1N(C)C. The third-order valence-electron chi connectivity index (χ3n) is 3.46. The molecule has 5 nitrogen and oxygen atoms in total. The maximum atomic E-state index is 5.49. The molecule has 0 spiro atoms. The first-order chi connectivity index (χ1) is 9.16. The molecule has 0 radical (unpaired) electrons. The van der Waals surface area contributed by atoms with Gasteiger partial charge in [-0.25, -0.2) is 4.98 Å². The van der Waals surface area contributed by atoms with Crippen LogP contribution in [0.4, 0.5) is 11.8 Å². The molecule has 1 aliphatic rings. The largest absolute Gasteiger partial charge is 0.381 e. The van der Waals surface area contributed by atoms with Crippen LogP contribution in [0.15, 0.2) is 6.20 Å². The molecule has 19 heavy (non-hydrogen) atoms. The number of hydrogen-bond acceptors (Lipinski definition) is 5. The Labute approximate surface area is 115 Å². The van der Waals surface area contributed by atoms with Crippen LogP contribution in [0.25, 0.3) is 0 Å². The lowest BCUT2D eigenvalue weighted by atomic mass is 9.99. The van der Waals surface area contributed by atoms with Crippen molar-refractivity contribution in [2.45, 2.75) is 26.2 Å². The molecular weight excluding hydrogens is 240 g/mol. The van der Waals surface area contributed by atoms with Gasteiger partial charge in [-0.1, -0.05) is 0 Å². The zero-order valence-corrected chi connectivity index (χ0v) is 12.1. The number of nitrogens with one attached hydrogen (secondary N) is 1. The molecule has 0 aromatic carbocycles. The summed E-state index contributed by atoms with van der Waals surface area (Å²) >= 11 is 0. The molecule has 0 bridgehead atoms. The van der Waals surface area contributed by atoms with Gasteiger partial charge in [-0.2, -0.15) is 4.98 Å². The number of nitrogens with zero attached hydrogens (tertiary/aromatic N) is 3. The Morgan fingerprint density at radius 3 is 3.00 bits per heavy atom. The van der Waals surface area contributed by atoms with E-state index in [0.717, 1.165) is 37.6 Å². The van der Waals surface area contributed by atoms with Crippen molar-refractivity contribution in [3.63, 3.8) is 0 Å². The second-order valence-corrected chi connectivity index (χ2v) is 5.39. The van der Waals surface area contributed by atoms with E-state index in [9.17, 15) is 0 Å².